The van der Waals surface area contributed by atoms with Crippen molar-refractivity contribution in [3.8, 4) is 5.75 Å². The Hall–Kier alpha value is -0.440. The quantitative estimate of drug-likeness (QED) is 0.638. The molecule has 0 fully saturated rings. The number of nitrogens with one attached hydrogen (secondary N) is 1. The SMILES string of the molecule is COc1cc(C)c(Cl)cc1CNCCl. The van der Waals surface area contributed by atoms with Crippen LogP contribution in [-0.2, 0) is 6.54 Å². The smallest absolute Gasteiger partial charge is 0.123 e. The first-order valence-corrected chi connectivity index (χ1v) is 5.20. The predicted octanol–water partition coefficient (Wildman–Crippen LogP) is 2.94. The molecule has 0 saturated heterocycles. The molecule has 2 nitrogen and oxygen atoms in total. The Labute approximate surface area is 94.2 Å². The van der Waals surface area contributed by atoms with Gasteiger partial charge in [0.2, 0.25) is 0 Å². The summed E-state index contributed by atoms with van der Waals surface area (Å²) in [5.41, 5.74) is 2.03. The second-order valence-electron chi connectivity index (χ2n) is 2.97. The van der Waals surface area contributed by atoms with Gasteiger partial charge in [0.05, 0.1) is 13.1 Å². The summed E-state index contributed by atoms with van der Waals surface area (Å²) >= 11 is 11.5. The summed E-state index contributed by atoms with van der Waals surface area (Å²) in [6, 6.07) is 4.23. The molecule has 0 bridgehead atoms. The van der Waals surface area contributed by atoms with Crippen LogP contribution in [0.3, 0.4) is 0 Å². The van der Waals surface area contributed by atoms with Crippen molar-refractivity contribution in [1.82, 2.24) is 5.32 Å². The van der Waals surface area contributed by atoms with Crippen molar-refractivity contribution >= 4 is 23.2 Å². The van der Waals surface area contributed by atoms with Crippen LogP contribution in [0.15, 0.2) is 12.1 Å². The summed E-state index contributed by atoms with van der Waals surface area (Å²) in [6.07, 6.45) is 0. The maximum atomic E-state index is 6.01. The van der Waals surface area contributed by atoms with Crippen molar-refractivity contribution in [3.05, 3.63) is 28.3 Å². The van der Waals surface area contributed by atoms with Gasteiger partial charge in [-0.1, -0.05) is 11.6 Å². The lowest BCUT2D eigenvalue weighted by Crippen LogP contribution is -2.11. The monoisotopic (exact) mass is 233 g/mol. The van der Waals surface area contributed by atoms with Gasteiger partial charge in [0.25, 0.3) is 0 Å². The fourth-order valence-electron chi connectivity index (χ4n) is 1.21. The van der Waals surface area contributed by atoms with Crippen LogP contribution in [0, 0.1) is 6.92 Å². The molecule has 0 amide bonds. The summed E-state index contributed by atoms with van der Waals surface area (Å²) in [5, 5.41) is 3.76. The zero-order valence-electron chi connectivity index (χ0n) is 8.23. The first-order valence-electron chi connectivity index (χ1n) is 4.28. The molecule has 0 heterocycles. The molecule has 0 unspecified atom stereocenters. The highest BCUT2D eigenvalue weighted by Gasteiger charge is 2.05. The van der Waals surface area contributed by atoms with Crippen molar-refractivity contribution in [3.63, 3.8) is 0 Å². The second kappa shape index (κ2) is 5.44. The molecule has 0 atom stereocenters. The number of hydrogen-bond acceptors (Lipinski definition) is 2. The van der Waals surface area contributed by atoms with Gasteiger partial charge in [-0.15, -0.1) is 11.6 Å². The molecule has 1 N–H and O–H groups in total. The number of ether oxygens (including phenoxy) is 1. The minimum Gasteiger partial charge on any atom is -0.496 e. The lowest BCUT2D eigenvalue weighted by molar-refractivity contribution is 0.408. The van der Waals surface area contributed by atoms with E-state index in [0.717, 1.165) is 21.9 Å². The van der Waals surface area contributed by atoms with E-state index in [4.69, 9.17) is 27.9 Å². The molecule has 0 saturated carbocycles. The van der Waals surface area contributed by atoms with Crippen molar-refractivity contribution in [2.24, 2.45) is 0 Å². The molecule has 14 heavy (non-hydrogen) atoms. The van der Waals surface area contributed by atoms with Gasteiger partial charge in [-0.25, -0.2) is 0 Å². The Kier molecular flexibility index (Phi) is 4.52. The Morgan fingerprint density at radius 2 is 2.14 bits per heavy atom. The van der Waals surface area contributed by atoms with Gasteiger partial charge in [0.15, 0.2) is 0 Å². The fraction of sp³-hybridized carbons (Fsp3) is 0.400. The lowest BCUT2D eigenvalue weighted by atomic mass is 10.1. The Bertz CT molecular complexity index is 315. The molecule has 0 aromatic heterocycles. The van der Waals surface area contributed by atoms with E-state index in [1.807, 2.05) is 19.1 Å². The topological polar surface area (TPSA) is 21.3 Å². The number of aryl methyl sites for hydroxylation is 1. The van der Waals surface area contributed by atoms with Gasteiger partial charge < -0.3 is 4.74 Å². The van der Waals surface area contributed by atoms with Gasteiger partial charge in [0, 0.05) is 17.1 Å². The van der Waals surface area contributed by atoms with E-state index in [-0.39, 0.29) is 0 Å². The van der Waals surface area contributed by atoms with E-state index in [9.17, 15) is 0 Å². The normalized spacial score (nSPS) is 10.3. The van der Waals surface area contributed by atoms with Crippen molar-refractivity contribution < 1.29 is 4.74 Å². The third-order valence-electron chi connectivity index (χ3n) is 1.97. The maximum Gasteiger partial charge on any atom is 0.123 e. The van der Waals surface area contributed by atoms with Crippen LogP contribution in [0.2, 0.25) is 5.02 Å². The lowest BCUT2D eigenvalue weighted by Gasteiger charge is -2.10. The second-order valence-corrected chi connectivity index (χ2v) is 3.65. The number of rotatable bonds is 4. The van der Waals surface area contributed by atoms with E-state index >= 15 is 0 Å². The summed E-state index contributed by atoms with van der Waals surface area (Å²) < 4.78 is 5.24. The molecule has 0 radical (unpaired) electrons. The van der Waals surface area contributed by atoms with Gasteiger partial charge in [0.1, 0.15) is 5.75 Å². The van der Waals surface area contributed by atoms with Gasteiger partial charge in [-0.3, -0.25) is 5.32 Å². The summed E-state index contributed by atoms with van der Waals surface area (Å²) in [5.74, 6) is 0.838. The van der Waals surface area contributed by atoms with E-state index in [1.165, 1.54) is 0 Å². The summed E-state index contributed by atoms with van der Waals surface area (Å²) in [7, 11) is 1.65. The summed E-state index contributed by atoms with van der Waals surface area (Å²) in [6.45, 7) is 2.61. The Morgan fingerprint density at radius 3 is 2.71 bits per heavy atom. The minimum absolute atomic E-state index is 0.411. The summed E-state index contributed by atoms with van der Waals surface area (Å²) in [4.78, 5) is 0. The van der Waals surface area contributed by atoms with Crippen LogP contribution in [0.5, 0.6) is 5.75 Å². The highest BCUT2D eigenvalue weighted by molar-refractivity contribution is 6.31. The minimum atomic E-state index is 0.411. The van der Waals surface area contributed by atoms with Crippen LogP contribution in [-0.4, -0.2) is 13.1 Å². The first kappa shape index (κ1) is 11.6. The molecule has 0 aliphatic carbocycles. The molecule has 1 aromatic rings. The van der Waals surface area contributed by atoms with Crippen LogP contribution in [0.4, 0.5) is 0 Å². The predicted molar refractivity (Wildman–Crippen MR) is 60.3 cm³/mol. The number of alkyl halides is 1. The average Bonchev–Trinajstić information content (AvgIpc) is 2.19. The van der Waals surface area contributed by atoms with Gasteiger partial charge in [-0.2, -0.15) is 0 Å². The largest absolute Gasteiger partial charge is 0.496 e. The molecule has 0 spiro atoms. The standard InChI is InChI=1S/C10H13Cl2NO/c1-7-3-10(14-2)8(4-9(7)12)5-13-6-11/h3-4,13H,5-6H2,1-2H3. The molecular formula is C10H13Cl2NO. The average molecular weight is 234 g/mol. The number of halogens is 2. The molecule has 0 aliphatic heterocycles. The molecule has 78 valence electrons. The maximum absolute atomic E-state index is 6.01. The molecule has 0 aliphatic rings. The van der Waals surface area contributed by atoms with Crippen LogP contribution >= 0.6 is 23.2 Å². The van der Waals surface area contributed by atoms with E-state index in [1.54, 1.807) is 7.11 Å². The highest BCUT2D eigenvalue weighted by Crippen LogP contribution is 2.26. The highest BCUT2D eigenvalue weighted by atomic mass is 35.5. The van der Waals surface area contributed by atoms with Crippen molar-refractivity contribution in [2.75, 3.05) is 13.1 Å². The zero-order chi connectivity index (χ0) is 10.6. The van der Waals surface area contributed by atoms with Crippen LogP contribution < -0.4 is 10.1 Å². The van der Waals surface area contributed by atoms with Crippen LogP contribution in [0.1, 0.15) is 11.1 Å². The third kappa shape index (κ3) is 2.77. The van der Waals surface area contributed by atoms with E-state index < -0.39 is 0 Å². The van der Waals surface area contributed by atoms with E-state index in [0.29, 0.717) is 12.5 Å². The number of hydrogen-bond donors (Lipinski definition) is 1. The Balaban J connectivity index is 2.95. The zero-order valence-corrected chi connectivity index (χ0v) is 9.74. The van der Waals surface area contributed by atoms with E-state index in [2.05, 4.69) is 5.32 Å². The Morgan fingerprint density at radius 1 is 1.43 bits per heavy atom. The van der Waals surface area contributed by atoms with Gasteiger partial charge in [-0.05, 0) is 24.6 Å². The fourth-order valence-corrected chi connectivity index (χ4v) is 1.49. The molecule has 1 rings (SSSR count). The number of benzene rings is 1. The first-order chi connectivity index (χ1) is 6.69. The molecule has 4 heteroatoms. The van der Waals surface area contributed by atoms with Gasteiger partial charge >= 0.3 is 0 Å². The number of methoxy groups -OCH3 is 1. The molecule has 1 aromatic carbocycles. The van der Waals surface area contributed by atoms with Crippen molar-refractivity contribution in [1.29, 1.82) is 0 Å². The third-order valence-corrected chi connectivity index (χ3v) is 2.57. The molecular weight excluding hydrogens is 221 g/mol. The van der Waals surface area contributed by atoms with Crippen LogP contribution in [0.25, 0.3) is 0 Å². The van der Waals surface area contributed by atoms with Crippen molar-refractivity contribution in [2.45, 2.75) is 13.5 Å².